The zero-order chi connectivity index (χ0) is 12.2. The van der Waals surface area contributed by atoms with E-state index in [1.165, 1.54) is 18.4 Å². The lowest BCUT2D eigenvalue weighted by atomic mass is 9.57. The molecular weight excluding hydrogens is 212 g/mol. The van der Waals surface area contributed by atoms with E-state index in [1.54, 1.807) is 0 Å². The molecule has 0 amide bonds. The molecule has 0 aromatic heterocycles. The van der Waals surface area contributed by atoms with Crippen LogP contribution in [0.3, 0.4) is 0 Å². The normalized spacial score (nSPS) is 44.8. The average Bonchev–Trinajstić information content (AvgIpc) is 2.52. The van der Waals surface area contributed by atoms with Gasteiger partial charge in [0.05, 0.1) is 0 Å². The maximum Gasteiger partial charge on any atom is 0.334 e. The van der Waals surface area contributed by atoms with E-state index in [9.17, 15) is 4.79 Å². The molecule has 1 saturated heterocycles. The van der Waals surface area contributed by atoms with Gasteiger partial charge in [0.15, 0.2) is 0 Å². The van der Waals surface area contributed by atoms with Gasteiger partial charge in [-0.2, -0.15) is 0 Å². The van der Waals surface area contributed by atoms with Crippen LogP contribution < -0.4 is 0 Å². The minimum absolute atomic E-state index is 0.0992. The van der Waals surface area contributed by atoms with Crippen molar-refractivity contribution in [2.75, 3.05) is 0 Å². The third-order valence-electron chi connectivity index (χ3n) is 5.15. The van der Waals surface area contributed by atoms with E-state index in [4.69, 9.17) is 4.74 Å². The van der Waals surface area contributed by atoms with Crippen molar-refractivity contribution in [3.05, 3.63) is 23.8 Å². The first kappa shape index (κ1) is 11.1. The van der Waals surface area contributed by atoms with Crippen molar-refractivity contribution in [1.82, 2.24) is 0 Å². The largest absolute Gasteiger partial charge is 0.458 e. The predicted molar refractivity (Wildman–Crippen MR) is 66.3 cm³/mol. The van der Waals surface area contributed by atoms with Gasteiger partial charge in [-0.1, -0.05) is 25.2 Å². The Hall–Kier alpha value is -1.05. The highest BCUT2D eigenvalue weighted by Crippen LogP contribution is 2.55. The summed E-state index contributed by atoms with van der Waals surface area (Å²) in [4.78, 5) is 11.6. The molecule has 0 unspecified atom stereocenters. The third-order valence-corrected chi connectivity index (χ3v) is 5.15. The number of esters is 1. The molecule has 0 radical (unpaired) electrons. The fourth-order valence-electron chi connectivity index (χ4n) is 4.07. The van der Waals surface area contributed by atoms with Crippen molar-refractivity contribution in [2.45, 2.75) is 45.6 Å². The summed E-state index contributed by atoms with van der Waals surface area (Å²) >= 11 is 0. The van der Waals surface area contributed by atoms with Gasteiger partial charge < -0.3 is 4.74 Å². The number of ether oxygens (including phenoxy) is 1. The molecule has 2 aliphatic carbocycles. The molecule has 4 atom stereocenters. The standard InChI is InChI=1S/C15H20O2/c1-9-5-4-6-15(3)8-13-11(7-12(9)15)10(2)14(16)17-13/h5,11-13H,2,4,6-8H2,1,3H3/t11-,12+,13-,15-/m1/s1. The van der Waals surface area contributed by atoms with Crippen molar-refractivity contribution in [3.8, 4) is 0 Å². The summed E-state index contributed by atoms with van der Waals surface area (Å²) in [6.07, 6.45) is 6.93. The smallest absolute Gasteiger partial charge is 0.334 e. The first-order chi connectivity index (χ1) is 8.01. The van der Waals surface area contributed by atoms with Gasteiger partial charge >= 0.3 is 5.97 Å². The zero-order valence-corrected chi connectivity index (χ0v) is 10.7. The van der Waals surface area contributed by atoms with E-state index in [0.29, 0.717) is 16.9 Å². The van der Waals surface area contributed by atoms with Crippen LogP contribution in [0.15, 0.2) is 23.8 Å². The van der Waals surface area contributed by atoms with Crippen LogP contribution in [-0.4, -0.2) is 12.1 Å². The number of carbonyl (C=O) groups is 1. The first-order valence-corrected chi connectivity index (χ1v) is 6.58. The molecule has 3 aliphatic rings. The van der Waals surface area contributed by atoms with Crippen molar-refractivity contribution >= 4 is 5.97 Å². The zero-order valence-electron chi connectivity index (χ0n) is 10.7. The summed E-state index contributed by atoms with van der Waals surface area (Å²) < 4.78 is 5.47. The van der Waals surface area contributed by atoms with Gasteiger partial charge in [-0.25, -0.2) is 4.79 Å². The van der Waals surface area contributed by atoms with Gasteiger partial charge in [0.25, 0.3) is 0 Å². The highest BCUT2D eigenvalue weighted by atomic mass is 16.6. The maximum atomic E-state index is 11.6. The third kappa shape index (κ3) is 1.50. The minimum Gasteiger partial charge on any atom is -0.458 e. The minimum atomic E-state index is -0.163. The lowest BCUT2D eigenvalue weighted by molar-refractivity contribution is -0.142. The predicted octanol–water partition coefficient (Wildman–Crippen LogP) is 3.24. The molecule has 2 heteroatoms. The lowest BCUT2D eigenvalue weighted by Crippen LogP contribution is -2.42. The number of rotatable bonds is 0. The second-order valence-corrected chi connectivity index (χ2v) is 6.21. The second-order valence-electron chi connectivity index (χ2n) is 6.21. The van der Waals surface area contributed by atoms with Crippen LogP contribution in [0.4, 0.5) is 0 Å². The summed E-state index contributed by atoms with van der Waals surface area (Å²) in [7, 11) is 0. The van der Waals surface area contributed by atoms with Crippen LogP contribution in [-0.2, 0) is 9.53 Å². The molecule has 2 fully saturated rings. The number of carbonyl (C=O) groups excluding carboxylic acids is 1. The molecule has 1 heterocycles. The van der Waals surface area contributed by atoms with E-state index in [2.05, 4.69) is 26.5 Å². The topological polar surface area (TPSA) is 26.3 Å². The van der Waals surface area contributed by atoms with Crippen LogP contribution in [0, 0.1) is 17.3 Å². The summed E-state index contributed by atoms with van der Waals surface area (Å²) in [5.74, 6) is 0.717. The highest BCUT2D eigenvalue weighted by Gasteiger charge is 2.51. The molecule has 0 aromatic rings. The molecule has 0 N–H and O–H groups in total. The molecule has 3 rings (SSSR count). The molecule has 0 spiro atoms. The van der Waals surface area contributed by atoms with Crippen molar-refractivity contribution in [2.24, 2.45) is 17.3 Å². The van der Waals surface area contributed by atoms with Gasteiger partial charge in [0.1, 0.15) is 6.10 Å². The van der Waals surface area contributed by atoms with Gasteiger partial charge in [0, 0.05) is 11.5 Å². The maximum absolute atomic E-state index is 11.6. The van der Waals surface area contributed by atoms with E-state index >= 15 is 0 Å². The number of fused-ring (bicyclic) bond motifs is 2. The Morgan fingerprint density at radius 3 is 3.06 bits per heavy atom. The number of hydrogen-bond acceptors (Lipinski definition) is 2. The van der Waals surface area contributed by atoms with Crippen molar-refractivity contribution in [3.63, 3.8) is 0 Å². The van der Waals surface area contributed by atoms with Gasteiger partial charge in [-0.05, 0) is 43.9 Å². The molecule has 0 aromatic carbocycles. The molecule has 1 saturated carbocycles. The fraction of sp³-hybridized carbons (Fsp3) is 0.667. The fourth-order valence-corrected chi connectivity index (χ4v) is 4.07. The van der Waals surface area contributed by atoms with E-state index in [0.717, 1.165) is 12.8 Å². The van der Waals surface area contributed by atoms with Crippen LogP contribution in [0.25, 0.3) is 0 Å². The first-order valence-electron chi connectivity index (χ1n) is 6.58. The molecule has 17 heavy (non-hydrogen) atoms. The summed E-state index contributed by atoms with van der Waals surface area (Å²) in [5.41, 5.74) is 2.53. The highest BCUT2D eigenvalue weighted by molar-refractivity contribution is 5.90. The van der Waals surface area contributed by atoms with Crippen molar-refractivity contribution < 1.29 is 9.53 Å². The van der Waals surface area contributed by atoms with Gasteiger partial charge in [-0.15, -0.1) is 0 Å². The average molecular weight is 232 g/mol. The molecule has 92 valence electrons. The molecule has 1 aliphatic heterocycles. The Morgan fingerprint density at radius 2 is 2.29 bits per heavy atom. The Kier molecular flexibility index (Phi) is 2.26. The Bertz CT molecular complexity index is 421. The quantitative estimate of drug-likeness (QED) is 0.364. The Labute approximate surface area is 103 Å². The monoisotopic (exact) mass is 232 g/mol. The van der Waals surface area contributed by atoms with Crippen LogP contribution in [0.2, 0.25) is 0 Å². The molecule has 2 nitrogen and oxygen atoms in total. The lowest BCUT2D eigenvalue weighted by Gasteiger charge is -2.48. The van der Waals surface area contributed by atoms with Crippen LogP contribution >= 0.6 is 0 Å². The summed E-state index contributed by atoms with van der Waals surface area (Å²) in [6.45, 7) is 8.51. The summed E-state index contributed by atoms with van der Waals surface area (Å²) in [5, 5.41) is 0. The van der Waals surface area contributed by atoms with Crippen LogP contribution in [0.1, 0.15) is 39.5 Å². The number of allylic oxidation sites excluding steroid dienone is 2. The van der Waals surface area contributed by atoms with E-state index in [1.807, 2.05) is 0 Å². The Balaban J connectivity index is 1.93. The second kappa shape index (κ2) is 3.47. The SMILES string of the molecule is C=C1C(=O)O[C@@H]2C[C@@]3(C)CCC=C(C)[C@@H]3C[C@H]12. The van der Waals surface area contributed by atoms with Crippen molar-refractivity contribution in [1.29, 1.82) is 0 Å². The van der Waals surface area contributed by atoms with Gasteiger partial charge in [0.2, 0.25) is 0 Å². The van der Waals surface area contributed by atoms with E-state index < -0.39 is 0 Å². The molecular formula is C15H20O2. The number of hydrogen-bond donors (Lipinski definition) is 0. The Morgan fingerprint density at radius 1 is 1.53 bits per heavy atom. The van der Waals surface area contributed by atoms with Gasteiger partial charge in [-0.3, -0.25) is 0 Å². The summed E-state index contributed by atoms with van der Waals surface area (Å²) in [6, 6.07) is 0. The van der Waals surface area contributed by atoms with E-state index in [-0.39, 0.29) is 18.0 Å². The van der Waals surface area contributed by atoms with Crippen LogP contribution in [0.5, 0.6) is 0 Å². The molecule has 0 bridgehead atoms.